The average Bonchev–Trinajstić information content (AvgIpc) is 3.30. The lowest BCUT2D eigenvalue weighted by Crippen LogP contribution is -2.30. The molecular weight excluding hydrogens is 529 g/mol. The average molecular weight is 550 g/mol. The molecule has 0 spiro atoms. The van der Waals surface area contributed by atoms with Crippen molar-refractivity contribution in [2.75, 3.05) is 17.8 Å². The van der Waals surface area contributed by atoms with Crippen molar-refractivity contribution in [1.82, 2.24) is 9.97 Å². The molecule has 4 aromatic rings. The Balaban J connectivity index is 1.57. The van der Waals surface area contributed by atoms with Gasteiger partial charge >= 0.3 is 0 Å². The summed E-state index contributed by atoms with van der Waals surface area (Å²) in [6.45, 7) is 0.184. The molecule has 0 bridgehead atoms. The van der Waals surface area contributed by atoms with E-state index in [0.717, 1.165) is 0 Å². The molecule has 2 heterocycles. The summed E-state index contributed by atoms with van der Waals surface area (Å²) in [5.41, 5.74) is 1.23. The molecule has 0 aliphatic carbocycles. The third-order valence-corrected chi connectivity index (χ3v) is 8.83. The molecule has 0 aliphatic heterocycles. The lowest BCUT2D eigenvalue weighted by atomic mass is 10.2. The minimum atomic E-state index is -3.55. The molecule has 7 nitrogen and oxygen atoms in total. The summed E-state index contributed by atoms with van der Waals surface area (Å²) in [4.78, 5) is 24.0. The topological polar surface area (TPSA) is 89.5 Å². The van der Waals surface area contributed by atoms with Gasteiger partial charge in [0.05, 0.1) is 39.7 Å². The van der Waals surface area contributed by atoms with Gasteiger partial charge in [-0.1, -0.05) is 40.6 Å². The Morgan fingerprint density at radius 3 is 2.54 bits per heavy atom. The number of hydrogen-bond acceptors (Lipinski definition) is 7. The maximum atomic E-state index is 13.3. The zero-order chi connectivity index (χ0) is 25.0. The van der Waals surface area contributed by atoms with Crippen LogP contribution in [0.3, 0.4) is 0 Å². The van der Waals surface area contributed by atoms with Crippen LogP contribution >= 0.6 is 34.5 Å². The van der Waals surface area contributed by atoms with Crippen LogP contribution in [0.15, 0.2) is 65.7 Å². The zero-order valence-electron chi connectivity index (χ0n) is 18.6. The molecule has 0 fully saturated rings. The van der Waals surface area contributed by atoms with E-state index in [9.17, 15) is 13.2 Å². The number of methoxy groups -OCH3 is 1. The Morgan fingerprint density at radius 2 is 1.86 bits per heavy atom. The van der Waals surface area contributed by atoms with Gasteiger partial charge in [-0.2, -0.15) is 0 Å². The summed E-state index contributed by atoms with van der Waals surface area (Å²) < 4.78 is 31.4. The number of carbonyl (C=O) groups is 1. The van der Waals surface area contributed by atoms with E-state index in [0.29, 0.717) is 36.8 Å². The first-order valence-electron chi connectivity index (χ1n) is 10.6. The first-order valence-corrected chi connectivity index (χ1v) is 13.8. The Hall–Kier alpha value is -2.72. The minimum absolute atomic E-state index is 0.0143. The maximum absolute atomic E-state index is 13.3. The maximum Gasteiger partial charge on any atom is 0.229 e. The van der Waals surface area contributed by atoms with Crippen LogP contribution in [-0.2, 0) is 21.2 Å². The van der Waals surface area contributed by atoms with Gasteiger partial charge in [0.15, 0.2) is 15.0 Å². The third kappa shape index (κ3) is 5.92. The fourth-order valence-corrected chi connectivity index (χ4v) is 6.16. The molecule has 182 valence electrons. The molecule has 11 heteroatoms. The number of halogens is 2. The van der Waals surface area contributed by atoms with Crippen molar-refractivity contribution in [2.45, 2.75) is 24.3 Å². The number of fused-ring (bicyclic) bond motifs is 1. The Kier molecular flexibility index (Phi) is 7.91. The van der Waals surface area contributed by atoms with Crippen molar-refractivity contribution in [3.63, 3.8) is 0 Å². The number of pyridine rings is 1. The number of amides is 1. The second kappa shape index (κ2) is 10.9. The molecule has 0 aliphatic rings. The Labute approximate surface area is 217 Å². The van der Waals surface area contributed by atoms with E-state index < -0.39 is 9.84 Å². The SMILES string of the molecule is COc1ccc(Cl)c2sc(N(Cc3ccccn3)C(=O)CCCS(=O)(=O)c3ccc(Cl)cc3)nc12. The summed E-state index contributed by atoms with van der Waals surface area (Å²) in [5, 5.41) is 1.39. The van der Waals surface area contributed by atoms with Crippen LogP contribution in [0, 0.1) is 0 Å². The molecule has 35 heavy (non-hydrogen) atoms. The fraction of sp³-hybridized carbons (Fsp3) is 0.208. The van der Waals surface area contributed by atoms with Crippen LogP contribution < -0.4 is 9.64 Å². The number of anilines is 1. The van der Waals surface area contributed by atoms with E-state index >= 15 is 0 Å². The van der Waals surface area contributed by atoms with E-state index in [1.165, 1.54) is 40.5 Å². The van der Waals surface area contributed by atoms with E-state index in [1.807, 2.05) is 12.1 Å². The number of carbonyl (C=O) groups excluding carboxylic acids is 1. The standard InChI is InChI=1S/C24H21Cl2N3O4S2/c1-33-20-12-11-19(26)23-22(20)28-24(34-23)29(15-17-5-2-3-13-27-17)21(30)6-4-14-35(31,32)18-9-7-16(25)8-10-18/h2-3,5,7-13H,4,6,14-15H2,1H3. The van der Waals surface area contributed by atoms with Crippen molar-refractivity contribution >= 4 is 65.6 Å². The molecule has 0 saturated carbocycles. The smallest absolute Gasteiger partial charge is 0.229 e. The molecule has 2 aromatic carbocycles. The Morgan fingerprint density at radius 1 is 1.09 bits per heavy atom. The van der Waals surface area contributed by atoms with Crippen molar-refractivity contribution < 1.29 is 17.9 Å². The Bertz CT molecular complexity index is 1440. The zero-order valence-corrected chi connectivity index (χ0v) is 21.8. The largest absolute Gasteiger partial charge is 0.494 e. The predicted molar refractivity (Wildman–Crippen MR) is 139 cm³/mol. The van der Waals surface area contributed by atoms with Crippen molar-refractivity contribution in [3.8, 4) is 5.75 Å². The number of sulfone groups is 1. The van der Waals surface area contributed by atoms with Gasteiger partial charge in [-0.15, -0.1) is 0 Å². The second-order valence-corrected chi connectivity index (χ2v) is 11.5. The van der Waals surface area contributed by atoms with Crippen LogP contribution in [0.25, 0.3) is 10.2 Å². The fourth-order valence-electron chi connectivity index (χ4n) is 3.45. The number of nitrogens with zero attached hydrogens (tertiary/aromatic N) is 3. The molecule has 0 radical (unpaired) electrons. The summed E-state index contributed by atoms with van der Waals surface area (Å²) in [6, 6.07) is 14.9. The summed E-state index contributed by atoms with van der Waals surface area (Å²) in [5.74, 6) is 0.111. The van der Waals surface area contributed by atoms with E-state index in [-0.39, 0.29) is 35.9 Å². The number of thiazole rings is 1. The first kappa shape index (κ1) is 25.4. The van der Waals surface area contributed by atoms with E-state index in [1.54, 1.807) is 31.5 Å². The summed E-state index contributed by atoms with van der Waals surface area (Å²) >= 11 is 13.5. The normalized spacial score (nSPS) is 11.5. The minimum Gasteiger partial charge on any atom is -0.494 e. The molecule has 0 saturated heterocycles. The van der Waals surface area contributed by atoms with Crippen molar-refractivity contribution in [1.29, 1.82) is 0 Å². The molecule has 4 rings (SSSR count). The highest BCUT2D eigenvalue weighted by molar-refractivity contribution is 7.91. The van der Waals surface area contributed by atoms with Crippen LogP contribution in [0.5, 0.6) is 5.75 Å². The number of rotatable bonds is 9. The van der Waals surface area contributed by atoms with Gasteiger partial charge in [0.1, 0.15) is 11.3 Å². The lowest BCUT2D eigenvalue weighted by molar-refractivity contribution is -0.118. The van der Waals surface area contributed by atoms with Gasteiger partial charge in [0, 0.05) is 17.6 Å². The van der Waals surface area contributed by atoms with Crippen LogP contribution in [-0.4, -0.2) is 37.2 Å². The number of aromatic nitrogens is 2. The summed E-state index contributed by atoms with van der Waals surface area (Å²) in [6.07, 6.45) is 1.81. The van der Waals surface area contributed by atoms with Gasteiger partial charge in [-0.25, -0.2) is 13.4 Å². The van der Waals surface area contributed by atoms with E-state index in [2.05, 4.69) is 9.97 Å². The molecule has 0 unspecified atom stereocenters. The molecule has 1 amide bonds. The van der Waals surface area contributed by atoms with Gasteiger partial charge < -0.3 is 4.74 Å². The lowest BCUT2D eigenvalue weighted by Gasteiger charge is -2.19. The third-order valence-electron chi connectivity index (χ3n) is 5.22. The van der Waals surface area contributed by atoms with Crippen molar-refractivity contribution in [3.05, 3.63) is 76.5 Å². The van der Waals surface area contributed by atoms with Crippen LogP contribution in [0.2, 0.25) is 10.0 Å². The van der Waals surface area contributed by atoms with Gasteiger partial charge in [0.2, 0.25) is 5.91 Å². The van der Waals surface area contributed by atoms with Gasteiger partial charge in [-0.05, 0) is 55.0 Å². The van der Waals surface area contributed by atoms with Crippen LogP contribution in [0.1, 0.15) is 18.5 Å². The van der Waals surface area contributed by atoms with Crippen molar-refractivity contribution in [2.24, 2.45) is 0 Å². The summed E-state index contributed by atoms with van der Waals surface area (Å²) in [7, 11) is -2.00. The van der Waals surface area contributed by atoms with Crippen LogP contribution in [0.4, 0.5) is 5.13 Å². The molecule has 0 N–H and O–H groups in total. The van der Waals surface area contributed by atoms with Gasteiger partial charge in [-0.3, -0.25) is 14.7 Å². The monoisotopic (exact) mass is 549 g/mol. The highest BCUT2D eigenvalue weighted by Crippen LogP contribution is 2.39. The molecule has 2 aromatic heterocycles. The molecule has 0 atom stereocenters. The first-order chi connectivity index (χ1) is 16.8. The quantitative estimate of drug-likeness (QED) is 0.262. The highest BCUT2D eigenvalue weighted by atomic mass is 35.5. The number of ether oxygens (including phenoxy) is 1. The van der Waals surface area contributed by atoms with Gasteiger partial charge in [0.25, 0.3) is 0 Å². The predicted octanol–water partition coefficient (Wildman–Crippen LogP) is 5.79. The number of benzene rings is 2. The number of hydrogen-bond donors (Lipinski definition) is 0. The highest BCUT2D eigenvalue weighted by Gasteiger charge is 2.24. The second-order valence-electron chi connectivity index (χ2n) is 7.60. The molecular formula is C24H21Cl2N3O4S2. The van der Waals surface area contributed by atoms with E-state index in [4.69, 9.17) is 27.9 Å².